The van der Waals surface area contributed by atoms with Crippen molar-refractivity contribution in [1.82, 2.24) is 19.9 Å². The number of hydrogen-bond donors (Lipinski definition) is 1. The van der Waals surface area contributed by atoms with E-state index in [-0.39, 0.29) is 0 Å². The van der Waals surface area contributed by atoms with E-state index >= 15 is 0 Å². The van der Waals surface area contributed by atoms with Crippen molar-refractivity contribution in [3.8, 4) is 0 Å². The Morgan fingerprint density at radius 3 is 3.10 bits per heavy atom. The second-order valence-corrected chi connectivity index (χ2v) is 7.47. The van der Waals surface area contributed by atoms with Gasteiger partial charge in [-0.2, -0.15) is 11.8 Å². The highest BCUT2D eigenvalue weighted by Crippen LogP contribution is 2.31. The van der Waals surface area contributed by atoms with Crippen LogP contribution in [0.4, 0.5) is 0 Å². The van der Waals surface area contributed by atoms with Crippen LogP contribution in [0.3, 0.4) is 0 Å². The van der Waals surface area contributed by atoms with E-state index in [1.807, 2.05) is 12.3 Å². The minimum absolute atomic E-state index is 0.402. The zero-order chi connectivity index (χ0) is 14.1. The van der Waals surface area contributed by atoms with E-state index in [0.717, 1.165) is 29.5 Å². The van der Waals surface area contributed by atoms with Crippen LogP contribution in [0.1, 0.15) is 44.0 Å². The highest BCUT2D eigenvalue weighted by molar-refractivity contribution is 8.00. The van der Waals surface area contributed by atoms with Crippen molar-refractivity contribution in [3.63, 3.8) is 0 Å². The first-order valence-electron chi connectivity index (χ1n) is 8.08. The molecule has 2 fully saturated rings. The maximum atomic E-state index is 4.91. The number of nitrogens with zero attached hydrogens (tertiary/aromatic N) is 3. The predicted octanol–water partition coefficient (Wildman–Crippen LogP) is 3.14. The quantitative estimate of drug-likeness (QED) is 0.946. The molecule has 21 heavy (non-hydrogen) atoms. The van der Waals surface area contributed by atoms with Crippen LogP contribution < -0.4 is 5.32 Å². The molecular formula is C16H22N4S. The van der Waals surface area contributed by atoms with Crippen LogP contribution in [0.5, 0.6) is 0 Å². The lowest BCUT2D eigenvalue weighted by Gasteiger charge is -2.24. The fourth-order valence-corrected chi connectivity index (χ4v) is 4.74. The van der Waals surface area contributed by atoms with Gasteiger partial charge in [-0.3, -0.25) is 0 Å². The molecule has 0 aromatic carbocycles. The maximum Gasteiger partial charge on any atom is 0.160 e. The van der Waals surface area contributed by atoms with Crippen LogP contribution in [0.2, 0.25) is 0 Å². The lowest BCUT2D eigenvalue weighted by atomic mass is 10.0. The lowest BCUT2D eigenvalue weighted by molar-refractivity contribution is 0.385. The van der Waals surface area contributed by atoms with Crippen molar-refractivity contribution < 1.29 is 0 Å². The van der Waals surface area contributed by atoms with Gasteiger partial charge in [0.05, 0.1) is 6.04 Å². The second-order valence-electron chi connectivity index (χ2n) is 6.06. The Kier molecular flexibility index (Phi) is 3.86. The summed E-state index contributed by atoms with van der Waals surface area (Å²) in [6.07, 6.45) is 8.35. The SMILES string of the molecule is c1cnc2c(c1)nc(C1CCCCN1)n2CC1CCCS1. The van der Waals surface area contributed by atoms with Crippen molar-refractivity contribution in [2.75, 3.05) is 12.3 Å². The molecule has 0 bridgehead atoms. The van der Waals surface area contributed by atoms with Crippen LogP contribution in [-0.2, 0) is 6.54 Å². The van der Waals surface area contributed by atoms with Crippen LogP contribution in [-0.4, -0.2) is 32.1 Å². The number of rotatable bonds is 3. The van der Waals surface area contributed by atoms with Gasteiger partial charge in [0.1, 0.15) is 11.3 Å². The summed E-state index contributed by atoms with van der Waals surface area (Å²) < 4.78 is 2.39. The van der Waals surface area contributed by atoms with Gasteiger partial charge in [0.15, 0.2) is 5.65 Å². The summed E-state index contributed by atoms with van der Waals surface area (Å²) in [7, 11) is 0. The number of imidazole rings is 1. The highest BCUT2D eigenvalue weighted by Gasteiger charge is 2.25. The van der Waals surface area contributed by atoms with E-state index in [0.29, 0.717) is 6.04 Å². The van der Waals surface area contributed by atoms with Crippen molar-refractivity contribution >= 4 is 22.9 Å². The summed E-state index contributed by atoms with van der Waals surface area (Å²) in [6, 6.07) is 4.48. The topological polar surface area (TPSA) is 42.7 Å². The Labute approximate surface area is 129 Å². The van der Waals surface area contributed by atoms with Gasteiger partial charge in [-0.25, -0.2) is 9.97 Å². The molecule has 1 N–H and O–H groups in total. The molecular weight excluding hydrogens is 280 g/mol. The van der Waals surface area contributed by atoms with Gasteiger partial charge in [-0.05, 0) is 50.1 Å². The Hall–Kier alpha value is -1.07. The molecule has 2 atom stereocenters. The van der Waals surface area contributed by atoms with Crippen LogP contribution in [0.25, 0.3) is 11.2 Å². The number of pyridine rings is 1. The monoisotopic (exact) mass is 302 g/mol. The van der Waals surface area contributed by atoms with Crippen molar-refractivity contribution in [2.24, 2.45) is 0 Å². The van der Waals surface area contributed by atoms with Crippen molar-refractivity contribution in [2.45, 2.75) is 49.9 Å². The molecule has 2 unspecified atom stereocenters. The summed E-state index contributed by atoms with van der Waals surface area (Å²) in [4.78, 5) is 9.51. The Bertz CT molecular complexity index is 612. The average molecular weight is 302 g/mol. The number of thioether (sulfide) groups is 1. The van der Waals surface area contributed by atoms with Gasteiger partial charge >= 0.3 is 0 Å². The molecule has 2 aliphatic heterocycles. The fourth-order valence-electron chi connectivity index (χ4n) is 3.49. The van der Waals surface area contributed by atoms with E-state index in [9.17, 15) is 0 Å². The molecule has 4 nitrogen and oxygen atoms in total. The van der Waals surface area contributed by atoms with Crippen molar-refractivity contribution in [1.29, 1.82) is 0 Å². The molecule has 0 spiro atoms. The standard InChI is InChI=1S/C16H22N4S/c1-2-8-17-13(6-1)16-19-14-7-3-9-18-15(14)20(16)11-12-5-4-10-21-12/h3,7,9,12-13,17H,1-2,4-6,8,10-11H2. The third-order valence-corrected chi connectivity index (χ3v) is 5.95. The number of nitrogens with one attached hydrogen (secondary N) is 1. The van der Waals surface area contributed by atoms with Crippen molar-refractivity contribution in [3.05, 3.63) is 24.2 Å². The van der Waals surface area contributed by atoms with E-state index < -0.39 is 0 Å². The summed E-state index contributed by atoms with van der Waals surface area (Å²) in [5, 5.41) is 4.37. The number of aromatic nitrogens is 3. The molecule has 112 valence electrons. The molecule has 2 aromatic heterocycles. The van der Waals surface area contributed by atoms with E-state index in [2.05, 4.69) is 32.7 Å². The smallest absolute Gasteiger partial charge is 0.160 e. The van der Waals surface area contributed by atoms with E-state index in [1.54, 1.807) is 0 Å². The first-order chi connectivity index (χ1) is 10.4. The van der Waals surface area contributed by atoms with Gasteiger partial charge in [0.2, 0.25) is 0 Å². The molecule has 4 heterocycles. The summed E-state index contributed by atoms with van der Waals surface area (Å²) in [5.41, 5.74) is 2.11. The first kappa shape index (κ1) is 13.6. The molecule has 0 saturated carbocycles. The first-order valence-corrected chi connectivity index (χ1v) is 9.13. The molecule has 2 aliphatic rings. The van der Waals surface area contributed by atoms with E-state index in [1.165, 1.54) is 43.7 Å². The zero-order valence-electron chi connectivity index (χ0n) is 12.3. The zero-order valence-corrected chi connectivity index (χ0v) is 13.1. The van der Waals surface area contributed by atoms with Gasteiger partial charge in [0, 0.05) is 18.0 Å². The van der Waals surface area contributed by atoms with Gasteiger partial charge in [-0.1, -0.05) is 6.42 Å². The molecule has 0 radical (unpaired) electrons. The lowest BCUT2D eigenvalue weighted by Crippen LogP contribution is -2.30. The second kappa shape index (κ2) is 5.97. The molecule has 5 heteroatoms. The molecule has 2 aromatic rings. The Morgan fingerprint density at radius 1 is 1.29 bits per heavy atom. The molecule has 0 amide bonds. The molecule has 2 saturated heterocycles. The number of piperidine rings is 1. The Balaban J connectivity index is 1.72. The average Bonchev–Trinajstić information content (AvgIpc) is 3.17. The van der Waals surface area contributed by atoms with E-state index in [4.69, 9.17) is 4.98 Å². The molecule has 4 rings (SSSR count). The number of hydrogen-bond acceptors (Lipinski definition) is 4. The number of fused-ring (bicyclic) bond motifs is 1. The summed E-state index contributed by atoms with van der Waals surface area (Å²) in [5.74, 6) is 2.51. The van der Waals surface area contributed by atoms with Gasteiger partial charge < -0.3 is 9.88 Å². The normalized spacial score (nSPS) is 26.5. The molecule has 0 aliphatic carbocycles. The minimum Gasteiger partial charge on any atom is -0.310 e. The highest BCUT2D eigenvalue weighted by atomic mass is 32.2. The maximum absolute atomic E-state index is 4.91. The Morgan fingerprint density at radius 2 is 2.29 bits per heavy atom. The van der Waals surface area contributed by atoms with Gasteiger partial charge in [-0.15, -0.1) is 0 Å². The van der Waals surface area contributed by atoms with Crippen LogP contribution in [0.15, 0.2) is 18.3 Å². The third kappa shape index (κ3) is 2.69. The summed E-state index contributed by atoms with van der Waals surface area (Å²) >= 11 is 2.11. The minimum atomic E-state index is 0.402. The fraction of sp³-hybridized carbons (Fsp3) is 0.625. The largest absolute Gasteiger partial charge is 0.310 e. The summed E-state index contributed by atoms with van der Waals surface area (Å²) in [6.45, 7) is 2.17. The third-order valence-electron chi connectivity index (χ3n) is 4.57. The predicted molar refractivity (Wildman–Crippen MR) is 87.6 cm³/mol. The van der Waals surface area contributed by atoms with Crippen LogP contribution >= 0.6 is 11.8 Å². The van der Waals surface area contributed by atoms with Gasteiger partial charge in [0.25, 0.3) is 0 Å². The van der Waals surface area contributed by atoms with Crippen LogP contribution in [0, 0.1) is 0 Å².